The van der Waals surface area contributed by atoms with E-state index >= 15 is 0 Å². The Morgan fingerprint density at radius 1 is 1.00 bits per heavy atom. The summed E-state index contributed by atoms with van der Waals surface area (Å²) in [6.45, 7) is 6.50. The van der Waals surface area contributed by atoms with Crippen LogP contribution in [0.4, 0.5) is 0 Å². The zero-order chi connectivity index (χ0) is 15.1. The topological polar surface area (TPSA) is 80.3 Å². The van der Waals surface area contributed by atoms with Crippen molar-refractivity contribution in [2.24, 2.45) is 0 Å². The quantitative estimate of drug-likeness (QED) is 0.651. The number of nitrogens with one attached hydrogen (secondary N) is 1. The third kappa shape index (κ3) is 7.27. The summed E-state index contributed by atoms with van der Waals surface area (Å²) >= 11 is 0. The van der Waals surface area contributed by atoms with Gasteiger partial charge in [-0.3, -0.25) is 0 Å². The first-order chi connectivity index (χ1) is 8.68. The summed E-state index contributed by atoms with van der Waals surface area (Å²) in [7, 11) is -6.64. The van der Waals surface area contributed by atoms with E-state index in [2.05, 4.69) is 5.32 Å². The highest BCUT2D eigenvalue weighted by Crippen LogP contribution is 2.16. The van der Waals surface area contributed by atoms with Crippen LogP contribution in [-0.4, -0.2) is 52.4 Å². The summed E-state index contributed by atoms with van der Waals surface area (Å²) in [5.41, 5.74) is 0. The molecule has 2 atom stereocenters. The van der Waals surface area contributed by atoms with Crippen LogP contribution >= 0.6 is 0 Å². The van der Waals surface area contributed by atoms with Gasteiger partial charge in [-0.15, -0.1) is 0 Å². The molecular weight excluding hydrogens is 286 g/mol. The molecule has 5 nitrogen and oxygen atoms in total. The highest BCUT2D eigenvalue weighted by atomic mass is 32.2. The molecule has 2 unspecified atom stereocenters. The van der Waals surface area contributed by atoms with Gasteiger partial charge in [-0.05, 0) is 19.4 Å². The molecule has 19 heavy (non-hydrogen) atoms. The SMILES string of the molecule is CCCC(NCC)C(CC)S(=O)(=O)CCS(C)(=O)=O. The normalized spacial score (nSPS) is 16.2. The highest BCUT2D eigenvalue weighted by molar-refractivity contribution is 7.95. The van der Waals surface area contributed by atoms with E-state index in [1.54, 1.807) is 0 Å². The van der Waals surface area contributed by atoms with E-state index in [0.29, 0.717) is 13.0 Å². The molecule has 0 amide bonds. The van der Waals surface area contributed by atoms with E-state index in [1.807, 2.05) is 20.8 Å². The van der Waals surface area contributed by atoms with Crippen LogP contribution in [0.5, 0.6) is 0 Å². The van der Waals surface area contributed by atoms with Crippen LogP contribution in [0.2, 0.25) is 0 Å². The summed E-state index contributed by atoms with van der Waals surface area (Å²) in [5.74, 6) is -0.577. The molecule has 1 N–H and O–H groups in total. The fourth-order valence-corrected chi connectivity index (χ4v) is 5.88. The summed E-state index contributed by atoms with van der Waals surface area (Å²) in [5, 5.41) is 2.70. The van der Waals surface area contributed by atoms with E-state index in [0.717, 1.165) is 19.1 Å². The zero-order valence-electron chi connectivity index (χ0n) is 12.3. The lowest BCUT2D eigenvalue weighted by molar-refractivity contribution is 0.445. The van der Waals surface area contributed by atoms with E-state index in [1.165, 1.54) is 0 Å². The van der Waals surface area contributed by atoms with Gasteiger partial charge < -0.3 is 5.32 Å². The van der Waals surface area contributed by atoms with Crippen LogP contribution < -0.4 is 5.32 Å². The molecule has 0 aliphatic carbocycles. The van der Waals surface area contributed by atoms with Gasteiger partial charge in [0.05, 0.1) is 16.8 Å². The molecule has 0 aliphatic heterocycles. The summed E-state index contributed by atoms with van der Waals surface area (Å²) in [6, 6.07) is -0.0930. The van der Waals surface area contributed by atoms with Crippen molar-refractivity contribution >= 4 is 19.7 Å². The molecule has 0 fully saturated rings. The Balaban J connectivity index is 4.97. The van der Waals surface area contributed by atoms with Crippen LogP contribution in [-0.2, 0) is 19.7 Å². The molecule has 116 valence electrons. The Kier molecular flexibility index (Phi) is 8.15. The first-order valence-electron chi connectivity index (χ1n) is 6.80. The predicted molar refractivity (Wildman–Crippen MR) is 79.9 cm³/mol. The van der Waals surface area contributed by atoms with Gasteiger partial charge in [-0.2, -0.15) is 0 Å². The number of hydrogen-bond acceptors (Lipinski definition) is 5. The van der Waals surface area contributed by atoms with Gasteiger partial charge in [0, 0.05) is 12.3 Å². The minimum absolute atomic E-state index is 0.0930. The Hall–Kier alpha value is -0.140. The smallest absolute Gasteiger partial charge is 0.155 e. The van der Waals surface area contributed by atoms with Gasteiger partial charge in [0.25, 0.3) is 0 Å². The van der Waals surface area contributed by atoms with Crippen molar-refractivity contribution in [1.29, 1.82) is 0 Å². The van der Waals surface area contributed by atoms with Gasteiger partial charge in [0.15, 0.2) is 9.84 Å². The third-order valence-electron chi connectivity index (χ3n) is 3.12. The molecule has 0 aromatic heterocycles. The van der Waals surface area contributed by atoms with Crippen molar-refractivity contribution in [3.8, 4) is 0 Å². The molecule has 0 aromatic rings. The van der Waals surface area contributed by atoms with Gasteiger partial charge in [-0.25, -0.2) is 16.8 Å². The Bertz CT molecular complexity index is 436. The molecule has 0 radical (unpaired) electrons. The van der Waals surface area contributed by atoms with E-state index < -0.39 is 24.9 Å². The minimum atomic E-state index is -3.39. The van der Waals surface area contributed by atoms with Crippen molar-refractivity contribution in [2.75, 3.05) is 24.3 Å². The molecule has 0 heterocycles. The maximum absolute atomic E-state index is 12.3. The molecule has 0 aromatic carbocycles. The lowest BCUT2D eigenvalue weighted by Crippen LogP contribution is -2.45. The van der Waals surface area contributed by atoms with Crippen molar-refractivity contribution in [1.82, 2.24) is 5.32 Å². The minimum Gasteiger partial charge on any atom is -0.313 e. The lowest BCUT2D eigenvalue weighted by atomic mass is 10.1. The van der Waals surface area contributed by atoms with Crippen LogP contribution in [0.15, 0.2) is 0 Å². The third-order valence-corrected chi connectivity index (χ3v) is 6.68. The maximum Gasteiger partial charge on any atom is 0.155 e. The van der Waals surface area contributed by atoms with Crippen LogP contribution in [0.1, 0.15) is 40.0 Å². The first kappa shape index (κ1) is 18.9. The van der Waals surface area contributed by atoms with E-state index in [9.17, 15) is 16.8 Å². The number of hydrogen-bond donors (Lipinski definition) is 1. The Morgan fingerprint density at radius 3 is 1.95 bits per heavy atom. The largest absolute Gasteiger partial charge is 0.313 e. The lowest BCUT2D eigenvalue weighted by Gasteiger charge is -2.26. The second kappa shape index (κ2) is 8.21. The molecule has 0 aliphatic rings. The molecule has 0 saturated carbocycles. The maximum atomic E-state index is 12.3. The van der Waals surface area contributed by atoms with Crippen LogP contribution in [0, 0.1) is 0 Å². The first-order valence-corrected chi connectivity index (χ1v) is 10.6. The standard InChI is InChI=1S/C12H27NO4S2/c1-5-8-11(13-7-3)12(6-2)19(16,17)10-9-18(4,14)15/h11-13H,5-10H2,1-4H3. The van der Waals surface area contributed by atoms with Gasteiger partial charge in [0.1, 0.15) is 9.84 Å². The highest BCUT2D eigenvalue weighted by Gasteiger charge is 2.31. The van der Waals surface area contributed by atoms with Gasteiger partial charge >= 0.3 is 0 Å². The molecule has 0 saturated heterocycles. The van der Waals surface area contributed by atoms with Crippen LogP contribution in [0.3, 0.4) is 0 Å². The van der Waals surface area contributed by atoms with Gasteiger partial charge in [0.2, 0.25) is 0 Å². The second-order valence-corrected chi connectivity index (χ2v) is 9.50. The Labute approximate surface area is 118 Å². The molecule has 0 bridgehead atoms. The fraction of sp³-hybridized carbons (Fsp3) is 1.00. The van der Waals surface area contributed by atoms with Crippen LogP contribution in [0.25, 0.3) is 0 Å². The summed E-state index contributed by atoms with van der Waals surface area (Å²) < 4.78 is 46.9. The van der Waals surface area contributed by atoms with Crippen molar-refractivity contribution in [3.05, 3.63) is 0 Å². The average molecular weight is 313 g/mol. The number of rotatable bonds is 10. The Morgan fingerprint density at radius 2 is 1.58 bits per heavy atom. The molecule has 0 rings (SSSR count). The fourth-order valence-electron chi connectivity index (χ4n) is 2.20. The van der Waals surface area contributed by atoms with Crippen molar-refractivity contribution < 1.29 is 16.8 Å². The van der Waals surface area contributed by atoms with Crippen molar-refractivity contribution in [3.63, 3.8) is 0 Å². The second-order valence-electron chi connectivity index (χ2n) is 4.90. The predicted octanol–water partition coefficient (Wildman–Crippen LogP) is 1.00. The molecular formula is C12H27NO4S2. The van der Waals surface area contributed by atoms with E-state index in [4.69, 9.17) is 0 Å². The number of sulfone groups is 2. The zero-order valence-corrected chi connectivity index (χ0v) is 14.0. The molecule has 0 spiro atoms. The summed E-state index contributed by atoms with van der Waals surface area (Å²) in [4.78, 5) is 0. The monoisotopic (exact) mass is 313 g/mol. The van der Waals surface area contributed by atoms with Crippen molar-refractivity contribution in [2.45, 2.75) is 51.3 Å². The summed E-state index contributed by atoms with van der Waals surface area (Å²) in [6.07, 6.45) is 3.25. The average Bonchev–Trinajstić information content (AvgIpc) is 2.27. The van der Waals surface area contributed by atoms with E-state index in [-0.39, 0.29) is 17.5 Å². The van der Waals surface area contributed by atoms with Gasteiger partial charge in [-0.1, -0.05) is 27.2 Å². The molecule has 7 heteroatoms.